The lowest BCUT2D eigenvalue weighted by Crippen LogP contribution is -2.14. The van der Waals surface area contributed by atoms with Gasteiger partial charge in [0.25, 0.3) is 0 Å². The van der Waals surface area contributed by atoms with Gasteiger partial charge in [0.05, 0.1) is 5.52 Å². The lowest BCUT2D eigenvalue weighted by Gasteiger charge is -1.95. The van der Waals surface area contributed by atoms with Crippen LogP contribution in [-0.2, 0) is 11.3 Å². The van der Waals surface area contributed by atoms with Crippen LogP contribution in [0.3, 0.4) is 0 Å². The maximum Gasteiger partial charge on any atom is 0.219 e. The summed E-state index contributed by atoms with van der Waals surface area (Å²) in [5, 5.41) is 5.37. The molecule has 0 aliphatic rings. The summed E-state index contributed by atoms with van der Waals surface area (Å²) in [7, 11) is 0. The summed E-state index contributed by atoms with van der Waals surface area (Å²) in [6, 6.07) is 7.83. The van der Waals surface area contributed by atoms with E-state index in [0.717, 1.165) is 10.9 Å². The Kier molecular flexibility index (Phi) is 2.18. The SMILES string of the molecule is NC(=O)CCn1cc2ccccc2n1. The molecule has 0 saturated carbocycles. The Balaban J connectivity index is 2.22. The molecule has 14 heavy (non-hydrogen) atoms. The number of nitrogens with zero attached hydrogens (tertiary/aromatic N) is 2. The van der Waals surface area contributed by atoms with Crippen molar-refractivity contribution < 1.29 is 4.79 Å². The second-order valence-corrected chi connectivity index (χ2v) is 3.17. The number of hydrogen-bond donors (Lipinski definition) is 1. The molecule has 4 nitrogen and oxygen atoms in total. The molecule has 0 fully saturated rings. The number of aromatic nitrogens is 2. The second-order valence-electron chi connectivity index (χ2n) is 3.17. The molecule has 2 aromatic rings. The minimum absolute atomic E-state index is 0.301. The van der Waals surface area contributed by atoms with Crippen LogP contribution in [0, 0.1) is 0 Å². The number of carbonyl (C=O) groups excluding carboxylic acids is 1. The van der Waals surface area contributed by atoms with Gasteiger partial charge >= 0.3 is 0 Å². The van der Waals surface area contributed by atoms with E-state index < -0.39 is 0 Å². The first-order chi connectivity index (χ1) is 6.75. The lowest BCUT2D eigenvalue weighted by molar-refractivity contribution is -0.118. The van der Waals surface area contributed by atoms with Crippen molar-refractivity contribution in [2.75, 3.05) is 0 Å². The van der Waals surface area contributed by atoms with Crippen molar-refractivity contribution in [1.29, 1.82) is 0 Å². The topological polar surface area (TPSA) is 60.9 Å². The van der Waals surface area contributed by atoms with Crippen molar-refractivity contribution in [2.24, 2.45) is 5.73 Å². The molecule has 0 bridgehead atoms. The van der Waals surface area contributed by atoms with Crippen LogP contribution in [0.1, 0.15) is 6.42 Å². The van der Waals surface area contributed by atoms with Gasteiger partial charge in [-0.25, -0.2) is 0 Å². The van der Waals surface area contributed by atoms with E-state index >= 15 is 0 Å². The molecule has 2 rings (SSSR count). The van der Waals surface area contributed by atoms with Crippen LogP contribution in [0.5, 0.6) is 0 Å². The molecule has 0 aliphatic heterocycles. The van der Waals surface area contributed by atoms with E-state index in [1.165, 1.54) is 0 Å². The van der Waals surface area contributed by atoms with Crippen LogP contribution in [-0.4, -0.2) is 15.7 Å². The molecule has 1 aromatic carbocycles. The highest BCUT2D eigenvalue weighted by molar-refractivity contribution is 5.77. The molecule has 0 aliphatic carbocycles. The number of amides is 1. The molecule has 0 saturated heterocycles. The minimum atomic E-state index is -0.301. The van der Waals surface area contributed by atoms with Gasteiger partial charge in [-0.1, -0.05) is 18.2 Å². The molecular weight excluding hydrogens is 178 g/mol. The summed E-state index contributed by atoms with van der Waals surface area (Å²) in [6.07, 6.45) is 2.24. The molecule has 0 spiro atoms. The number of primary amides is 1. The highest BCUT2D eigenvalue weighted by Crippen LogP contribution is 2.10. The molecule has 1 aromatic heterocycles. The number of aryl methyl sites for hydroxylation is 1. The first-order valence-corrected chi connectivity index (χ1v) is 4.46. The van der Waals surface area contributed by atoms with Crippen LogP contribution in [0.15, 0.2) is 30.5 Å². The largest absolute Gasteiger partial charge is 0.370 e. The smallest absolute Gasteiger partial charge is 0.219 e. The average molecular weight is 189 g/mol. The van der Waals surface area contributed by atoms with Crippen molar-refractivity contribution in [3.63, 3.8) is 0 Å². The fourth-order valence-electron chi connectivity index (χ4n) is 1.35. The Bertz CT molecular complexity index is 428. The van der Waals surface area contributed by atoms with Gasteiger partial charge in [-0.2, -0.15) is 5.10 Å². The van der Waals surface area contributed by atoms with Gasteiger partial charge in [0, 0.05) is 24.5 Å². The van der Waals surface area contributed by atoms with Crippen LogP contribution < -0.4 is 5.73 Å². The zero-order valence-corrected chi connectivity index (χ0v) is 7.68. The van der Waals surface area contributed by atoms with Crippen molar-refractivity contribution in [1.82, 2.24) is 9.78 Å². The van der Waals surface area contributed by atoms with E-state index in [1.54, 1.807) is 4.68 Å². The number of rotatable bonds is 3. The highest BCUT2D eigenvalue weighted by atomic mass is 16.1. The Morgan fingerprint density at radius 2 is 2.21 bits per heavy atom. The quantitative estimate of drug-likeness (QED) is 0.780. The second kappa shape index (κ2) is 3.49. The van der Waals surface area contributed by atoms with Crippen molar-refractivity contribution >= 4 is 16.8 Å². The fraction of sp³-hybridized carbons (Fsp3) is 0.200. The predicted molar refractivity (Wildman–Crippen MR) is 53.5 cm³/mol. The Labute approximate surface area is 81.3 Å². The monoisotopic (exact) mass is 189 g/mol. The third-order valence-electron chi connectivity index (χ3n) is 2.05. The number of fused-ring (bicyclic) bond motifs is 1. The summed E-state index contributed by atoms with van der Waals surface area (Å²) < 4.78 is 1.75. The third-order valence-corrected chi connectivity index (χ3v) is 2.05. The van der Waals surface area contributed by atoms with Gasteiger partial charge in [0.1, 0.15) is 0 Å². The number of nitrogens with two attached hydrogens (primary N) is 1. The Morgan fingerprint density at radius 1 is 1.43 bits per heavy atom. The highest BCUT2D eigenvalue weighted by Gasteiger charge is 2.00. The van der Waals surface area contributed by atoms with E-state index in [9.17, 15) is 4.79 Å². The standard InChI is InChI=1S/C10H11N3O/c11-10(14)5-6-13-7-8-3-1-2-4-9(8)12-13/h1-4,7H,5-6H2,(H2,11,14). The molecule has 1 heterocycles. The zero-order chi connectivity index (χ0) is 9.97. The van der Waals surface area contributed by atoms with Gasteiger partial charge in [0.2, 0.25) is 5.91 Å². The van der Waals surface area contributed by atoms with E-state index in [0.29, 0.717) is 13.0 Å². The lowest BCUT2D eigenvalue weighted by atomic mass is 10.3. The summed E-state index contributed by atoms with van der Waals surface area (Å²) in [4.78, 5) is 10.6. The maximum atomic E-state index is 10.6. The van der Waals surface area contributed by atoms with Gasteiger partial charge < -0.3 is 5.73 Å². The van der Waals surface area contributed by atoms with Crippen LogP contribution in [0.2, 0.25) is 0 Å². The summed E-state index contributed by atoms with van der Waals surface area (Å²) in [5.41, 5.74) is 6.00. The summed E-state index contributed by atoms with van der Waals surface area (Å²) in [5.74, 6) is -0.301. The molecule has 2 N–H and O–H groups in total. The zero-order valence-electron chi connectivity index (χ0n) is 7.68. The van der Waals surface area contributed by atoms with Crippen molar-refractivity contribution in [2.45, 2.75) is 13.0 Å². The fourth-order valence-corrected chi connectivity index (χ4v) is 1.35. The van der Waals surface area contributed by atoms with Gasteiger partial charge in [-0.3, -0.25) is 9.48 Å². The van der Waals surface area contributed by atoms with Gasteiger partial charge in [-0.15, -0.1) is 0 Å². The van der Waals surface area contributed by atoms with E-state index in [4.69, 9.17) is 5.73 Å². The normalized spacial score (nSPS) is 10.6. The van der Waals surface area contributed by atoms with E-state index in [-0.39, 0.29) is 5.91 Å². The van der Waals surface area contributed by atoms with Gasteiger partial charge in [0.15, 0.2) is 0 Å². The maximum absolute atomic E-state index is 10.6. The molecule has 0 unspecified atom stereocenters. The Morgan fingerprint density at radius 3 is 2.93 bits per heavy atom. The molecule has 1 amide bonds. The van der Waals surface area contributed by atoms with E-state index in [1.807, 2.05) is 30.5 Å². The van der Waals surface area contributed by atoms with Gasteiger partial charge in [-0.05, 0) is 6.07 Å². The predicted octanol–water partition coefficient (Wildman–Crippen LogP) is 0.912. The third kappa shape index (κ3) is 1.74. The Hall–Kier alpha value is -1.84. The van der Waals surface area contributed by atoms with Crippen LogP contribution in [0.25, 0.3) is 10.9 Å². The minimum Gasteiger partial charge on any atom is -0.370 e. The first-order valence-electron chi connectivity index (χ1n) is 4.46. The van der Waals surface area contributed by atoms with Crippen molar-refractivity contribution in [3.8, 4) is 0 Å². The molecule has 72 valence electrons. The summed E-state index contributed by atoms with van der Waals surface area (Å²) >= 11 is 0. The number of hydrogen-bond acceptors (Lipinski definition) is 2. The average Bonchev–Trinajstić information content (AvgIpc) is 2.57. The molecule has 0 atom stereocenters. The first kappa shape index (κ1) is 8.74. The number of carbonyl (C=O) groups is 1. The van der Waals surface area contributed by atoms with Crippen molar-refractivity contribution in [3.05, 3.63) is 30.5 Å². The molecule has 0 radical (unpaired) electrons. The molecule has 4 heteroatoms. The number of benzene rings is 1. The van der Waals surface area contributed by atoms with Crippen LogP contribution >= 0.6 is 0 Å². The van der Waals surface area contributed by atoms with E-state index in [2.05, 4.69) is 5.10 Å². The summed E-state index contributed by atoms with van der Waals surface area (Å²) in [6.45, 7) is 0.546. The van der Waals surface area contributed by atoms with Crippen LogP contribution in [0.4, 0.5) is 0 Å². The molecular formula is C10H11N3O.